The third-order valence-corrected chi connectivity index (χ3v) is 5.59. The van der Waals surface area contributed by atoms with Crippen molar-refractivity contribution in [1.82, 2.24) is 14.6 Å². The van der Waals surface area contributed by atoms with E-state index in [2.05, 4.69) is 10.3 Å². The number of carbonyl (C=O) groups is 1. The molecular weight excluding hydrogens is 290 g/mol. The second-order valence-corrected chi connectivity index (χ2v) is 6.87. The first-order chi connectivity index (χ1) is 8.78. The quantitative estimate of drug-likeness (QED) is 0.813. The van der Waals surface area contributed by atoms with E-state index >= 15 is 0 Å². The lowest BCUT2D eigenvalue weighted by Gasteiger charge is -2.39. The molecule has 1 saturated heterocycles. The zero-order valence-corrected chi connectivity index (χ0v) is 12.1. The molecule has 1 aromatic rings. The van der Waals surface area contributed by atoms with Gasteiger partial charge in [-0.1, -0.05) is 11.6 Å². The molecule has 6 nitrogen and oxygen atoms in total. The largest absolute Gasteiger partial charge is 0.353 e. The molecule has 0 saturated carbocycles. The van der Waals surface area contributed by atoms with Gasteiger partial charge in [0.25, 0.3) is 0 Å². The van der Waals surface area contributed by atoms with Crippen molar-refractivity contribution in [3.63, 3.8) is 0 Å². The lowest BCUT2D eigenvalue weighted by molar-refractivity contribution is -0.131. The van der Waals surface area contributed by atoms with Gasteiger partial charge in [-0.25, -0.2) is 13.4 Å². The monoisotopic (exact) mass is 303 g/mol. The Morgan fingerprint density at radius 1 is 1.47 bits per heavy atom. The maximum absolute atomic E-state index is 12.6. The van der Waals surface area contributed by atoms with Crippen LogP contribution in [0.15, 0.2) is 23.2 Å². The molecule has 0 aliphatic carbocycles. The SMILES string of the molecule is CC1(C)C(=O)NCCN1S(=O)(=O)c1cccnc1Cl. The van der Waals surface area contributed by atoms with Crippen molar-refractivity contribution in [2.45, 2.75) is 24.3 Å². The van der Waals surface area contributed by atoms with E-state index in [0.717, 1.165) is 4.31 Å². The lowest BCUT2D eigenvalue weighted by atomic mass is 10.0. The second kappa shape index (κ2) is 4.73. The van der Waals surface area contributed by atoms with Gasteiger partial charge in [0.2, 0.25) is 15.9 Å². The predicted molar refractivity (Wildman–Crippen MR) is 70.2 cm³/mol. The molecule has 2 rings (SSSR count). The Morgan fingerprint density at radius 2 is 2.16 bits per heavy atom. The van der Waals surface area contributed by atoms with E-state index in [1.54, 1.807) is 13.8 Å². The molecule has 8 heteroatoms. The van der Waals surface area contributed by atoms with E-state index < -0.39 is 15.6 Å². The van der Waals surface area contributed by atoms with Gasteiger partial charge in [0.05, 0.1) is 0 Å². The van der Waals surface area contributed by atoms with Gasteiger partial charge in [-0.3, -0.25) is 4.79 Å². The summed E-state index contributed by atoms with van der Waals surface area (Å²) in [6, 6.07) is 2.88. The molecule has 1 fully saturated rings. The standard InChI is InChI=1S/C11H14ClN3O3S/c1-11(2)10(16)14-6-7-15(11)19(17,18)8-4-3-5-13-9(8)12/h3-5H,6-7H2,1-2H3,(H,14,16). The number of rotatable bonds is 2. The number of piperazine rings is 1. The molecular formula is C11H14ClN3O3S. The van der Waals surface area contributed by atoms with Crippen molar-refractivity contribution in [3.05, 3.63) is 23.5 Å². The molecule has 1 amide bonds. The third kappa shape index (κ3) is 2.33. The Bertz CT molecular complexity index is 615. The minimum Gasteiger partial charge on any atom is -0.353 e. The highest BCUT2D eigenvalue weighted by molar-refractivity contribution is 7.89. The molecule has 0 spiro atoms. The van der Waals surface area contributed by atoms with Gasteiger partial charge in [0.15, 0.2) is 0 Å². The molecule has 0 radical (unpaired) electrons. The van der Waals surface area contributed by atoms with E-state index in [-0.39, 0.29) is 29.0 Å². The van der Waals surface area contributed by atoms with Crippen LogP contribution in [0.4, 0.5) is 0 Å². The van der Waals surface area contributed by atoms with Crippen LogP contribution in [-0.2, 0) is 14.8 Å². The summed E-state index contributed by atoms with van der Waals surface area (Å²) in [7, 11) is -3.86. The van der Waals surface area contributed by atoms with Crippen LogP contribution in [0.1, 0.15) is 13.8 Å². The van der Waals surface area contributed by atoms with Crippen LogP contribution in [0, 0.1) is 0 Å². The van der Waals surface area contributed by atoms with Crippen molar-refractivity contribution in [2.75, 3.05) is 13.1 Å². The van der Waals surface area contributed by atoms with Crippen molar-refractivity contribution < 1.29 is 13.2 Å². The van der Waals surface area contributed by atoms with Gasteiger partial charge in [-0.2, -0.15) is 4.31 Å². The fourth-order valence-electron chi connectivity index (χ4n) is 1.98. The zero-order chi connectivity index (χ0) is 14.3. The number of amides is 1. The number of halogens is 1. The van der Waals surface area contributed by atoms with E-state index in [1.807, 2.05) is 0 Å². The maximum Gasteiger partial charge on any atom is 0.247 e. The molecule has 1 aromatic heterocycles. The molecule has 2 heterocycles. The van der Waals surface area contributed by atoms with Gasteiger partial charge >= 0.3 is 0 Å². The van der Waals surface area contributed by atoms with E-state index in [0.29, 0.717) is 0 Å². The van der Waals surface area contributed by atoms with Crippen LogP contribution in [0.5, 0.6) is 0 Å². The normalized spacial score (nSPS) is 20.1. The number of nitrogens with one attached hydrogen (secondary N) is 1. The molecule has 1 aliphatic rings. The van der Waals surface area contributed by atoms with Crippen LogP contribution in [0.3, 0.4) is 0 Å². The summed E-state index contributed by atoms with van der Waals surface area (Å²) < 4.78 is 26.3. The fourth-order valence-corrected chi connectivity index (χ4v) is 4.16. The number of hydrogen-bond acceptors (Lipinski definition) is 4. The van der Waals surface area contributed by atoms with Gasteiger partial charge in [0, 0.05) is 19.3 Å². The Kier molecular flexibility index (Phi) is 3.55. The first-order valence-corrected chi connectivity index (χ1v) is 7.51. The third-order valence-electron chi connectivity index (χ3n) is 3.07. The highest BCUT2D eigenvalue weighted by Gasteiger charge is 2.45. The minimum atomic E-state index is -3.86. The van der Waals surface area contributed by atoms with Crippen LogP contribution >= 0.6 is 11.6 Å². The molecule has 0 atom stereocenters. The second-order valence-electron chi connectivity index (χ2n) is 4.68. The summed E-state index contributed by atoms with van der Waals surface area (Å²) >= 11 is 5.84. The maximum atomic E-state index is 12.6. The van der Waals surface area contributed by atoms with Crippen LogP contribution in [0.2, 0.25) is 5.15 Å². The smallest absolute Gasteiger partial charge is 0.247 e. The number of aromatic nitrogens is 1. The number of nitrogens with zero attached hydrogens (tertiary/aromatic N) is 2. The zero-order valence-electron chi connectivity index (χ0n) is 10.6. The Morgan fingerprint density at radius 3 is 2.79 bits per heavy atom. The van der Waals surface area contributed by atoms with Crippen molar-refractivity contribution in [2.24, 2.45) is 0 Å². The molecule has 104 valence electrons. The molecule has 1 N–H and O–H groups in total. The van der Waals surface area contributed by atoms with Gasteiger partial charge < -0.3 is 5.32 Å². The van der Waals surface area contributed by atoms with Gasteiger partial charge in [-0.15, -0.1) is 0 Å². The Balaban J connectivity index is 2.51. The average molecular weight is 304 g/mol. The summed E-state index contributed by atoms with van der Waals surface area (Å²) in [5, 5.41) is 2.55. The highest BCUT2D eigenvalue weighted by Crippen LogP contribution is 2.29. The lowest BCUT2D eigenvalue weighted by Crippen LogP contribution is -2.63. The van der Waals surface area contributed by atoms with Crippen molar-refractivity contribution >= 4 is 27.5 Å². The van der Waals surface area contributed by atoms with Crippen molar-refractivity contribution in [3.8, 4) is 0 Å². The highest BCUT2D eigenvalue weighted by atomic mass is 35.5. The number of carbonyl (C=O) groups excluding carboxylic acids is 1. The Hall–Kier alpha value is -1.18. The first kappa shape index (κ1) is 14.2. The summed E-state index contributed by atoms with van der Waals surface area (Å²) in [4.78, 5) is 15.5. The van der Waals surface area contributed by atoms with Crippen LogP contribution in [-0.4, -0.2) is 42.2 Å². The number of pyridine rings is 1. The van der Waals surface area contributed by atoms with E-state index in [1.165, 1.54) is 18.3 Å². The summed E-state index contributed by atoms with van der Waals surface area (Å²) in [6.07, 6.45) is 1.41. The van der Waals surface area contributed by atoms with Crippen LogP contribution in [0.25, 0.3) is 0 Å². The van der Waals surface area contributed by atoms with E-state index in [4.69, 9.17) is 11.6 Å². The van der Waals surface area contributed by atoms with Gasteiger partial charge in [0.1, 0.15) is 15.6 Å². The first-order valence-electron chi connectivity index (χ1n) is 5.69. The summed E-state index contributed by atoms with van der Waals surface area (Å²) in [5.41, 5.74) is -1.16. The van der Waals surface area contributed by atoms with E-state index in [9.17, 15) is 13.2 Å². The predicted octanol–water partition coefficient (Wildman–Crippen LogP) is 0.634. The number of sulfonamides is 1. The topological polar surface area (TPSA) is 79.4 Å². The molecule has 0 aromatic carbocycles. The minimum absolute atomic E-state index is 0.0839. The van der Waals surface area contributed by atoms with Gasteiger partial charge in [-0.05, 0) is 26.0 Å². The summed E-state index contributed by atoms with van der Waals surface area (Å²) in [6.45, 7) is 3.60. The fraction of sp³-hybridized carbons (Fsp3) is 0.455. The average Bonchev–Trinajstić information content (AvgIpc) is 2.32. The molecule has 0 unspecified atom stereocenters. The van der Waals surface area contributed by atoms with Crippen LogP contribution < -0.4 is 5.32 Å². The van der Waals surface area contributed by atoms with Crippen molar-refractivity contribution in [1.29, 1.82) is 0 Å². The summed E-state index contributed by atoms with van der Waals surface area (Å²) in [5.74, 6) is -0.331. The molecule has 0 bridgehead atoms. The molecule has 1 aliphatic heterocycles. The Labute approximate surface area is 116 Å². The molecule has 19 heavy (non-hydrogen) atoms. The number of hydrogen-bond donors (Lipinski definition) is 1.